The first-order valence-electron chi connectivity index (χ1n) is 13.1. The normalized spacial score (nSPS) is 18.6. The Morgan fingerprint density at radius 3 is 2.68 bits per heavy atom. The monoisotopic (exact) mass is 520 g/mol. The molecule has 2 aromatic rings. The van der Waals surface area contributed by atoms with Crippen molar-refractivity contribution in [3.05, 3.63) is 82.8 Å². The Morgan fingerprint density at radius 2 is 1.92 bits per heavy atom. The summed E-state index contributed by atoms with van der Waals surface area (Å²) in [6.45, 7) is 12.4. The Balaban J connectivity index is 1.30. The van der Waals surface area contributed by atoms with Gasteiger partial charge in [-0.2, -0.15) is 0 Å². The first-order chi connectivity index (χ1) is 18.1. The SMILES string of the molecule is C=N/C=C\C(=C/C)NC(=O)c1cccc(N2CCCN(C3CCN(Cc4ccccc4Cl)CC3)CC2)n1. The molecule has 8 heteroatoms. The van der Waals surface area contributed by atoms with E-state index in [0.29, 0.717) is 17.4 Å². The van der Waals surface area contributed by atoms with Crippen LogP contribution in [0.2, 0.25) is 5.02 Å². The Hall–Kier alpha value is -3.00. The van der Waals surface area contributed by atoms with Crippen LogP contribution in [0, 0.1) is 0 Å². The van der Waals surface area contributed by atoms with E-state index in [1.807, 2.05) is 37.3 Å². The van der Waals surface area contributed by atoms with Crippen LogP contribution < -0.4 is 10.2 Å². The number of amides is 1. The minimum atomic E-state index is -0.233. The Bertz CT molecular complexity index is 1120. The lowest BCUT2D eigenvalue weighted by atomic mass is 10.0. The van der Waals surface area contributed by atoms with E-state index < -0.39 is 0 Å². The molecule has 3 heterocycles. The number of aromatic nitrogens is 1. The number of anilines is 1. The topological polar surface area (TPSA) is 64.1 Å². The third-order valence-corrected chi connectivity index (χ3v) is 7.54. The lowest BCUT2D eigenvalue weighted by Gasteiger charge is -2.38. The summed E-state index contributed by atoms with van der Waals surface area (Å²) in [6.07, 6.45) is 8.52. The summed E-state index contributed by atoms with van der Waals surface area (Å²) in [6, 6.07) is 14.4. The maximum atomic E-state index is 12.8. The molecule has 0 saturated carbocycles. The summed E-state index contributed by atoms with van der Waals surface area (Å²) in [7, 11) is 0. The van der Waals surface area contributed by atoms with Gasteiger partial charge in [0, 0.05) is 55.7 Å². The van der Waals surface area contributed by atoms with Crippen LogP contribution in [0.5, 0.6) is 0 Å². The zero-order valence-corrected chi connectivity index (χ0v) is 22.4. The number of piperidine rings is 1. The number of carbonyl (C=O) groups is 1. The molecule has 0 aliphatic carbocycles. The molecule has 0 unspecified atom stereocenters. The molecule has 1 aromatic heterocycles. The molecule has 2 fully saturated rings. The van der Waals surface area contributed by atoms with E-state index in [1.54, 1.807) is 18.3 Å². The van der Waals surface area contributed by atoms with Crippen molar-refractivity contribution in [2.45, 2.75) is 38.8 Å². The summed E-state index contributed by atoms with van der Waals surface area (Å²) in [4.78, 5) is 28.6. The van der Waals surface area contributed by atoms with Gasteiger partial charge >= 0.3 is 0 Å². The van der Waals surface area contributed by atoms with E-state index in [9.17, 15) is 4.79 Å². The number of aliphatic imine (C=N–C) groups is 1. The molecule has 0 spiro atoms. The van der Waals surface area contributed by atoms with Gasteiger partial charge in [0.15, 0.2) is 0 Å². The van der Waals surface area contributed by atoms with Crippen LogP contribution in [0.1, 0.15) is 42.2 Å². The van der Waals surface area contributed by atoms with E-state index in [1.165, 1.54) is 18.4 Å². The largest absolute Gasteiger partial charge is 0.355 e. The summed E-state index contributed by atoms with van der Waals surface area (Å²) < 4.78 is 0. The summed E-state index contributed by atoms with van der Waals surface area (Å²) >= 11 is 6.37. The van der Waals surface area contributed by atoms with Crippen molar-refractivity contribution in [2.24, 2.45) is 4.99 Å². The summed E-state index contributed by atoms with van der Waals surface area (Å²) in [5, 5.41) is 3.74. The highest BCUT2D eigenvalue weighted by atomic mass is 35.5. The second-order valence-electron chi connectivity index (χ2n) is 9.55. The van der Waals surface area contributed by atoms with Crippen molar-refractivity contribution in [1.29, 1.82) is 0 Å². The van der Waals surface area contributed by atoms with Gasteiger partial charge in [0.2, 0.25) is 0 Å². The summed E-state index contributed by atoms with van der Waals surface area (Å²) in [5.41, 5.74) is 2.28. The van der Waals surface area contributed by atoms with Gasteiger partial charge in [-0.1, -0.05) is 41.9 Å². The minimum absolute atomic E-state index is 0.233. The number of likely N-dealkylation sites (tertiary alicyclic amines) is 1. The zero-order chi connectivity index (χ0) is 26.0. The molecule has 196 valence electrons. The second-order valence-corrected chi connectivity index (χ2v) is 9.96. The predicted octanol–water partition coefficient (Wildman–Crippen LogP) is 4.76. The maximum Gasteiger partial charge on any atom is 0.274 e. The number of hydrogen-bond donors (Lipinski definition) is 1. The lowest BCUT2D eigenvalue weighted by Crippen LogP contribution is -2.46. The van der Waals surface area contributed by atoms with Gasteiger partial charge in [-0.25, -0.2) is 4.98 Å². The van der Waals surface area contributed by atoms with E-state index in [2.05, 4.69) is 43.9 Å². The molecular formula is C29H37ClN6O. The van der Waals surface area contributed by atoms with Crippen LogP contribution in [-0.2, 0) is 6.54 Å². The smallest absolute Gasteiger partial charge is 0.274 e. The number of carbonyl (C=O) groups excluding carboxylic acids is 1. The molecule has 1 N–H and O–H groups in total. The van der Waals surface area contributed by atoms with Gasteiger partial charge in [0.1, 0.15) is 11.5 Å². The molecule has 2 aliphatic rings. The molecule has 0 radical (unpaired) electrons. The van der Waals surface area contributed by atoms with Crippen LogP contribution in [0.15, 0.2) is 71.5 Å². The number of pyridine rings is 1. The number of allylic oxidation sites excluding steroid dienone is 2. The van der Waals surface area contributed by atoms with Crippen LogP contribution in [0.4, 0.5) is 5.82 Å². The molecule has 7 nitrogen and oxygen atoms in total. The van der Waals surface area contributed by atoms with E-state index in [-0.39, 0.29) is 5.91 Å². The fourth-order valence-corrected chi connectivity index (χ4v) is 5.30. The van der Waals surface area contributed by atoms with Gasteiger partial charge in [0.25, 0.3) is 5.91 Å². The first-order valence-corrected chi connectivity index (χ1v) is 13.5. The third kappa shape index (κ3) is 7.51. The number of halogens is 1. The van der Waals surface area contributed by atoms with Gasteiger partial charge in [-0.05, 0) is 75.8 Å². The molecule has 0 atom stereocenters. The molecular weight excluding hydrogens is 484 g/mol. The van der Waals surface area contributed by atoms with Crippen molar-refractivity contribution >= 4 is 30.0 Å². The Kier molecular flexibility index (Phi) is 9.88. The molecule has 0 bridgehead atoms. The van der Waals surface area contributed by atoms with Gasteiger partial charge in [-0.3, -0.25) is 19.6 Å². The number of nitrogens with zero attached hydrogens (tertiary/aromatic N) is 5. The second kappa shape index (κ2) is 13.5. The van der Waals surface area contributed by atoms with Crippen molar-refractivity contribution in [2.75, 3.05) is 44.2 Å². The fraction of sp³-hybridized carbons (Fsp3) is 0.414. The van der Waals surface area contributed by atoms with Crippen molar-refractivity contribution in [1.82, 2.24) is 20.1 Å². The Morgan fingerprint density at radius 1 is 1.11 bits per heavy atom. The van der Waals surface area contributed by atoms with Crippen LogP contribution in [-0.4, -0.2) is 72.7 Å². The number of hydrogen-bond acceptors (Lipinski definition) is 6. The average molecular weight is 521 g/mol. The average Bonchev–Trinajstić information content (AvgIpc) is 3.19. The van der Waals surface area contributed by atoms with Crippen LogP contribution in [0.3, 0.4) is 0 Å². The number of nitrogens with one attached hydrogen (secondary N) is 1. The standard InChI is InChI=1S/C29H37ClN6O/c1-3-24(12-15-31-2)32-29(37)27-10-6-11-28(33-27)36-17-7-16-35(20-21-36)25-13-18-34(19-14-25)22-23-8-4-5-9-26(23)30/h3-6,8-12,15,25H,2,7,13-14,16-22H2,1H3,(H,32,37)/b15-12-,24-3+. The third-order valence-electron chi connectivity index (χ3n) is 7.18. The van der Waals surface area contributed by atoms with Crippen molar-refractivity contribution in [3.8, 4) is 0 Å². The molecule has 37 heavy (non-hydrogen) atoms. The molecule has 4 rings (SSSR count). The van der Waals surface area contributed by atoms with Gasteiger partial charge < -0.3 is 10.2 Å². The quantitative estimate of drug-likeness (QED) is 0.401. The number of benzene rings is 1. The molecule has 1 amide bonds. The highest BCUT2D eigenvalue weighted by Crippen LogP contribution is 2.23. The molecule has 2 saturated heterocycles. The highest BCUT2D eigenvalue weighted by molar-refractivity contribution is 6.31. The van der Waals surface area contributed by atoms with Crippen molar-refractivity contribution in [3.63, 3.8) is 0 Å². The van der Waals surface area contributed by atoms with Gasteiger partial charge in [0.05, 0.1) is 0 Å². The maximum absolute atomic E-state index is 12.8. The summed E-state index contributed by atoms with van der Waals surface area (Å²) in [5.74, 6) is 0.623. The van der Waals surface area contributed by atoms with Crippen molar-refractivity contribution < 1.29 is 4.79 Å². The van der Waals surface area contributed by atoms with E-state index in [0.717, 1.165) is 63.1 Å². The van der Waals surface area contributed by atoms with E-state index in [4.69, 9.17) is 16.6 Å². The van der Waals surface area contributed by atoms with Crippen LogP contribution >= 0.6 is 11.6 Å². The Labute approximate surface area is 225 Å². The van der Waals surface area contributed by atoms with Crippen LogP contribution in [0.25, 0.3) is 0 Å². The molecule has 1 aromatic carbocycles. The van der Waals surface area contributed by atoms with Gasteiger partial charge in [-0.15, -0.1) is 0 Å². The number of rotatable bonds is 8. The fourth-order valence-electron chi connectivity index (χ4n) is 5.11. The highest BCUT2D eigenvalue weighted by Gasteiger charge is 2.27. The lowest BCUT2D eigenvalue weighted by molar-refractivity contribution is 0.0962. The zero-order valence-electron chi connectivity index (χ0n) is 21.7. The van der Waals surface area contributed by atoms with E-state index >= 15 is 0 Å². The predicted molar refractivity (Wildman–Crippen MR) is 152 cm³/mol. The first kappa shape index (κ1) is 27.0. The molecule has 2 aliphatic heterocycles. The minimum Gasteiger partial charge on any atom is -0.355 e.